The van der Waals surface area contributed by atoms with E-state index in [1.807, 2.05) is 0 Å². The molecule has 0 radical (unpaired) electrons. The van der Waals surface area contributed by atoms with Gasteiger partial charge in [0.2, 0.25) is 0 Å². The smallest absolute Gasteiger partial charge is 0.175 e. The summed E-state index contributed by atoms with van der Waals surface area (Å²) in [6.45, 7) is 1.42. The first-order valence-electron chi connectivity index (χ1n) is 3.99. The molecule has 0 fully saturated rings. The van der Waals surface area contributed by atoms with Gasteiger partial charge in [0.05, 0.1) is 12.0 Å². The summed E-state index contributed by atoms with van der Waals surface area (Å²) in [5.41, 5.74) is -0.447. The van der Waals surface area contributed by atoms with Gasteiger partial charge in [-0.05, 0) is 18.6 Å². The highest BCUT2D eigenvalue weighted by molar-refractivity contribution is 6.03. The van der Waals surface area contributed by atoms with E-state index in [-0.39, 0.29) is 5.56 Å². The summed E-state index contributed by atoms with van der Waals surface area (Å²) in [4.78, 5) is 21.2. The third kappa shape index (κ3) is 1.84. The highest BCUT2D eigenvalue weighted by Crippen LogP contribution is 2.17. The van der Waals surface area contributed by atoms with Crippen molar-refractivity contribution in [1.29, 1.82) is 0 Å². The maximum Gasteiger partial charge on any atom is 0.175 e. The lowest BCUT2D eigenvalue weighted by Crippen LogP contribution is -2.07. The molecule has 14 heavy (non-hydrogen) atoms. The maximum atomic E-state index is 13.3. The van der Waals surface area contributed by atoms with Gasteiger partial charge in [-0.3, -0.25) is 4.79 Å². The molecule has 2 nitrogen and oxygen atoms in total. The van der Waals surface area contributed by atoms with E-state index in [0.717, 1.165) is 6.07 Å². The molecule has 0 saturated heterocycles. The van der Waals surface area contributed by atoms with Crippen molar-refractivity contribution in [1.82, 2.24) is 0 Å². The normalized spacial score (nSPS) is 9.93. The minimum Gasteiger partial charge on any atom is -0.303 e. The van der Waals surface area contributed by atoms with Gasteiger partial charge in [0.25, 0.3) is 0 Å². The molecule has 0 heterocycles. The Bertz CT molecular complexity index is 386. The van der Waals surface area contributed by atoms with Crippen LogP contribution in [0.2, 0.25) is 0 Å². The second-order valence-corrected chi connectivity index (χ2v) is 2.85. The number of halogens is 2. The van der Waals surface area contributed by atoms with Crippen molar-refractivity contribution in [3.05, 3.63) is 34.9 Å². The summed E-state index contributed by atoms with van der Waals surface area (Å²) in [6, 6.07) is 2.25. The van der Waals surface area contributed by atoms with Gasteiger partial charge >= 0.3 is 0 Å². The lowest BCUT2D eigenvalue weighted by atomic mass is 10.0. The van der Waals surface area contributed by atoms with Crippen LogP contribution in [0.1, 0.15) is 22.3 Å². The zero-order valence-electron chi connectivity index (χ0n) is 7.51. The first-order valence-corrected chi connectivity index (χ1v) is 3.99. The van der Waals surface area contributed by atoms with Gasteiger partial charge in [-0.1, -0.05) is 6.07 Å². The Labute approximate surface area is 79.5 Å². The topological polar surface area (TPSA) is 34.1 Å². The Hall–Kier alpha value is -1.58. The van der Waals surface area contributed by atoms with Gasteiger partial charge in [0, 0.05) is 0 Å². The van der Waals surface area contributed by atoms with E-state index in [0.29, 0.717) is 6.29 Å². The highest BCUT2D eigenvalue weighted by atomic mass is 19.1. The van der Waals surface area contributed by atoms with Crippen molar-refractivity contribution in [2.45, 2.75) is 13.3 Å². The molecule has 4 heteroatoms. The third-order valence-corrected chi connectivity index (χ3v) is 1.83. The van der Waals surface area contributed by atoms with Crippen LogP contribution >= 0.6 is 0 Å². The van der Waals surface area contributed by atoms with Gasteiger partial charge in [-0.25, -0.2) is 8.78 Å². The molecule has 0 atom stereocenters. The SMILES string of the molecule is Cc1ccc(F)c(C(=O)CC=O)c1F. The first-order chi connectivity index (χ1) is 6.57. The predicted molar refractivity (Wildman–Crippen MR) is 46.1 cm³/mol. The lowest BCUT2D eigenvalue weighted by Gasteiger charge is -2.03. The zero-order chi connectivity index (χ0) is 10.7. The van der Waals surface area contributed by atoms with E-state index < -0.39 is 29.4 Å². The molecule has 1 rings (SSSR count). The Balaban J connectivity index is 3.25. The Morgan fingerprint density at radius 3 is 2.64 bits per heavy atom. The largest absolute Gasteiger partial charge is 0.303 e. The fraction of sp³-hybridized carbons (Fsp3) is 0.200. The minimum atomic E-state index is -0.931. The van der Waals surface area contributed by atoms with Gasteiger partial charge in [-0.15, -0.1) is 0 Å². The molecule has 0 spiro atoms. The van der Waals surface area contributed by atoms with E-state index in [2.05, 4.69) is 0 Å². The van der Waals surface area contributed by atoms with E-state index in [9.17, 15) is 18.4 Å². The van der Waals surface area contributed by atoms with Crippen molar-refractivity contribution in [2.75, 3.05) is 0 Å². The van der Waals surface area contributed by atoms with Crippen LogP contribution in [0.3, 0.4) is 0 Å². The first kappa shape index (κ1) is 10.5. The number of hydrogen-bond acceptors (Lipinski definition) is 2. The van der Waals surface area contributed by atoms with Crippen molar-refractivity contribution in [3.63, 3.8) is 0 Å². The Morgan fingerprint density at radius 2 is 2.07 bits per heavy atom. The molecule has 0 saturated carbocycles. The Morgan fingerprint density at radius 1 is 1.43 bits per heavy atom. The number of aryl methyl sites for hydroxylation is 1. The molecule has 0 N–H and O–H groups in total. The van der Waals surface area contributed by atoms with Crippen LogP contribution in [0.25, 0.3) is 0 Å². The average molecular weight is 198 g/mol. The maximum absolute atomic E-state index is 13.3. The molecule has 0 aliphatic heterocycles. The molecule has 1 aromatic rings. The number of carbonyl (C=O) groups is 2. The van der Waals surface area contributed by atoms with Crippen molar-refractivity contribution >= 4 is 12.1 Å². The quantitative estimate of drug-likeness (QED) is 0.423. The van der Waals surface area contributed by atoms with Crippen LogP contribution in [-0.2, 0) is 4.79 Å². The van der Waals surface area contributed by atoms with Crippen molar-refractivity contribution in [3.8, 4) is 0 Å². The van der Waals surface area contributed by atoms with Gasteiger partial charge in [-0.2, -0.15) is 0 Å². The third-order valence-electron chi connectivity index (χ3n) is 1.83. The fourth-order valence-electron chi connectivity index (χ4n) is 1.09. The molecule has 0 aliphatic rings. The van der Waals surface area contributed by atoms with Crippen LogP contribution in [0.5, 0.6) is 0 Å². The van der Waals surface area contributed by atoms with E-state index >= 15 is 0 Å². The molecule has 0 aromatic heterocycles. The summed E-state index contributed by atoms with van der Waals surface area (Å²) in [5.74, 6) is -2.66. The molecule has 0 bridgehead atoms. The van der Waals surface area contributed by atoms with Gasteiger partial charge in [0.15, 0.2) is 5.78 Å². The van der Waals surface area contributed by atoms with E-state index in [1.165, 1.54) is 13.0 Å². The fourth-order valence-corrected chi connectivity index (χ4v) is 1.09. The van der Waals surface area contributed by atoms with Crippen LogP contribution in [0.15, 0.2) is 12.1 Å². The van der Waals surface area contributed by atoms with Crippen LogP contribution in [0.4, 0.5) is 8.78 Å². The standard InChI is InChI=1S/C10H8F2O2/c1-6-2-3-7(11)9(10(6)12)8(14)4-5-13/h2-3,5H,4H2,1H3. The van der Waals surface area contributed by atoms with E-state index in [1.54, 1.807) is 0 Å². The van der Waals surface area contributed by atoms with Crippen LogP contribution < -0.4 is 0 Å². The molecule has 0 unspecified atom stereocenters. The minimum absolute atomic E-state index is 0.181. The molecule has 0 amide bonds. The van der Waals surface area contributed by atoms with Crippen molar-refractivity contribution in [2.24, 2.45) is 0 Å². The number of ketones is 1. The second kappa shape index (κ2) is 4.09. The lowest BCUT2D eigenvalue weighted by molar-refractivity contribution is -0.107. The van der Waals surface area contributed by atoms with Crippen LogP contribution in [-0.4, -0.2) is 12.1 Å². The zero-order valence-corrected chi connectivity index (χ0v) is 7.51. The monoisotopic (exact) mass is 198 g/mol. The van der Waals surface area contributed by atoms with Crippen LogP contribution in [0, 0.1) is 18.6 Å². The second-order valence-electron chi connectivity index (χ2n) is 2.85. The summed E-state index contributed by atoms with van der Waals surface area (Å²) < 4.78 is 26.3. The number of aldehydes is 1. The number of rotatable bonds is 3. The summed E-state index contributed by atoms with van der Waals surface area (Å²) >= 11 is 0. The molecular weight excluding hydrogens is 190 g/mol. The van der Waals surface area contributed by atoms with E-state index in [4.69, 9.17) is 0 Å². The Kier molecular flexibility index (Phi) is 3.06. The summed E-state index contributed by atoms with van der Waals surface area (Å²) in [6.07, 6.45) is -0.180. The van der Waals surface area contributed by atoms with Crippen molar-refractivity contribution < 1.29 is 18.4 Å². The number of carbonyl (C=O) groups excluding carboxylic acids is 2. The summed E-state index contributed by atoms with van der Waals surface area (Å²) in [5, 5.41) is 0. The average Bonchev–Trinajstić information content (AvgIpc) is 2.13. The summed E-state index contributed by atoms with van der Waals surface area (Å²) in [7, 11) is 0. The molecule has 74 valence electrons. The molecule has 1 aromatic carbocycles. The van der Waals surface area contributed by atoms with Gasteiger partial charge in [0.1, 0.15) is 17.9 Å². The molecular formula is C10H8F2O2. The number of Topliss-reactive ketones (excluding diaryl/α,β-unsaturated/α-hetero) is 1. The number of hydrogen-bond donors (Lipinski definition) is 0. The molecule has 0 aliphatic carbocycles. The van der Waals surface area contributed by atoms with Gasteiger partial charge < -0.3 is 4.79 Å². The highest BCUT2D eigenvalue weighted by Gasteiger charge is 2.18. The predicted octanol–water partition coefficient (Wildman–Crippen LogP) is 2.04. The number of benzene rings is 1.